The SMILES string of the molecule is Cc1ccc(S(=O)(=O)Nc2cccc(OC(F)F)c2)cc1N1CCCN(C(=O)C(F)(F)F)CC1. The summed E-state index contributed by atoms with van der Waals surface area (Å²) < 4.78 is 95.6. The van der Waals surface area contributed by atoms with Gasteiger partial charge < -0.3 is 14.5 Å². The molecule has 2 aromatic rings. The lowest BCUT2D eigenvalue weighted by Crippen LogP contribution is -2.43. The number of benzene rings is 2. The van der Waals surface area contributed by atoms with Gasteiger partial charge in [0.15, 0.2) is 0 Å². The molecule has 0 spiro atoms. The lowest BCUT2D eigenvalue weighted by Gasteiger charge is -2.26. The molecule has 1 N–H and O–H groups in total. The summed E-state index contributed by atoms with van der Waals surface area (Å²) in [5.74, 6) is -2.12. The fourth-order valence-corrected chi connectivity index (χ4v) is 4.66. The number of alkyl halides is 5. The topological polar surface area (TPSA) is 79.0 Å². The first-order valence-corrected chi connectivity index (χ1v) is 11.6. The van der Waals surface area contributed by atoms with Gasteiger partial charge in [-0.05, 0) is 43.2 Å². The van der Waals surface area contributed by atoms with Crippen molar-refractivity contribution in [3.05, 3.63) is 48.0 Å². The fraction of sp³-hybridized carbons (Fsp3) is 0.381. The van der Waals surface area contributed by atoms with Gasteiger partial charge in [0, 0.05) is 37.9 Å². The van der Waals surface area contributed by atoms with Crippen LogP contribution in [0.5, 0.6) is 5.75 Å². The van der Waals surface area contributed by atoms with Gasteiger partial charge >= 0.3 is 18.7 Å². The first-order valence-electron chi connectivity index (χ1n) is 10.2. The average Bonchev–Trinajstić information content (AvgIpc) is 2.98. The van der Waals surface area contributed by atoms with Gasteiger partial charge in [-0.15, -0.1) is 0 Å². The van der Waals surface area contributed by atoms with Crippen LogP contribution in [0.15, 0.2) is 47.4 Å². The van der Waals surface area contributed by atoms with Gasteiger partial charge in [0.1, 0.15) is 5.75 Å². The molecule has 34 heavy (non-hydrogen) atoms. The number of ether oxygens (including phenoxy) is 1. The third-order valence-corrected chi connectivity index (χ3v) is 6.55. The molecule has 7 nitrogen and oxygen atoms in total. The van der Waals surface area contributed by atoms with Gasteiger partial charge in [0.05, 0.1) is 10.6 Å². The van der Waals surface area contributed by atoms with Crippen molar-refractivity contribution in [2.24, 2.45) is 0 Å². The normalized spacial score (nSPS) is 15.3. The van der Waals surface area contributed by atoms with Crippen molar-refractivity contribution in [1.82, 2.24) is 4.90 Å². The van der Waals surface area contributed by atoms with Crippen molar-refractivity contribution in [3.63, 3.8) is 0 Å². The molecular weight excluding hydrogens is 485 g/mol. The van der Waals surface area contributed by atoms with E-state index in [4.69, 9.17) is 0 Å². The number of carbonyl (C=O) groups excluding carboxylic acids is 1. The summed E-state index contributed by atoms with van der Waals surface area (Å²) in [6.07, 6.45) is -4.68. The Hall–Kier alpha value is -3.09. The van der Waals surface area contributed by atoms with Crippen LogP contribution in [0.4, 0.5) is 33.3 Å². The Kier molecular flexibility index (Phi) is 7.54. The van der Waals surface area contributed by atoms with E-state index in [1.54, 1.807) is 17.9 Å². The van der Waals surface area contributed by atoms with Gasteiger partial charge in [-0.2, -0.15) is 22.0 Å². The van der Waals surface area contributed by atoms with E-state index in [2.05, 4.69) is 9.46 Å². The highest BCUT2D eigenvalue weighted by atomic mass is 32.2. The smallest absolute Gasteiger partial charge is 0.435 e. The predicted octanol–water partition coefficient (Wildman–Crippen LogP) is 4.00. The van der Waals surface area contributed by atoms with E-state index >= 15 is 0 Å². The largest absolute Gasteiger partial charge is 0.471 e. The second kappa shape index (κ2) is 10.0. The molecule has 0 saturated carbocycles. The Morgan fingerprint density at radius 3 is 2.47 bits per heavy atom. The molecule has 0 radical (unpaired) electrons. The van der Waals surface area contributed by atoms with Gasteiger partial charge in [0.2, 0.25) is 0 Å². The summed E-state index contributed by atoms with van der Waals surface area (Å²) in [6, 6.07) is 9.38. The number of rotatable bonds is 6. The van der Waals surface area contributed by atoms with Crippen LogP contribution in [-0.2, 0) is 14.8 Å². The molecule has 1 saturated heterocycles. The number of amides is 1. The lowest BCUT2D eigenvalue weighted by molar-refractivity contribution is -0.185. The van der Waals surface area contributed by atoms with Crippen LogP contribution in [-0.4, -0.2) is 58.2 Å². The summed E-state index contributed by atoms with van der Waals surface area (Å²) in [5.41, 5.74) is 1.21. The minimum atomic E-state index is -4.96. The Balaban J connectivity index is 1.80. The van der Waals surface area contributed by atoms with E-state index in [9.17, 15) is 35.2 Å². The number of anilines is 2. The third kappa shape index (κ3) is 6.27. The minimum absolute atomic E-state index is 0.0105. The maximum absolute atomic E-state index is 12.9. The van der Waals surface area contributed by atoms with Crippen LogP contribution >= 0.6 is 0 Å². The molecule has 0 unspecified atom stereocenters. The molecule has 1 aliphatic heterocycles. The van der Waals surface area contributed by atoms with E-state index < -0.39 is 28.7 Å². The first kappa shape index (κ1) is 25.5. The zero-order chi connectivity index (χ0) is 25.1. The zero-order valence-electron chi connectivity index (χ0n) is 18.0. The molecule has 0 atom stereocenters. The number of nitrogens with one attached hydrogen (secondary N) is 1. The zero-order valence-corrected chi connectivity index (χ0v) is 18.8. The van der Waals surface area contributed by atoms with Crippen LogP contribution in [0.2, 0.25) is 0 Å². The number of nitrogens with zero attached hydrogens (tertiary/aromatic N) is 2. The standard InChI is InChI=1S/C21H22F5N3O4S/c1-14-6-7-17(34(31,32)27-15-4-2-5-16(12-15)33-20(22)23)13-18(14)28-8-3-9-29(11-10-28)19(30)21(24,25)26/h2,4-7,12-13,20,27H,3,8-11H2,1H3. The Morgan fingerprint density at radius 1 is 1.06 bits per heavy atom. The van der Waals surface area contributed by atoms with Crippen molar-refractivity contribution < 1.29 is 39.9 Å². The highest BCUT2D eigenvalue weighted by Gasteiger charge is 2.42. The summed E-state index contributed by atoms with van der Waals surface area (Å²) in [7, 11) is -4.12. The van der Waals surface area contributed by atoms with Gasteiger partial charge in [-0.1, -0.05) is 12.1 Å². The third-order valence-electron chi connectivity index (χ3n) is 5.17. The molecule has 1 fully saturated rings. The van der Waals surface area contributed by atoms with E-state index in [0.717, 1.165) is 11.0 Å². The maximum atomic E-state index is 12.9. The van der Waals surface area contributed by atoms with Crippen LogP contribution in [0, 0.1) is 6.92 Å². The molecule has 3 rings (SSSR count). The van der Waals surface area contributed by atoms with E-state index in [0.29, 0.717) is 17.8 Å². The van der Waals surface area contributed by atoms with E-state index in [1.165, 1.54) is 30.3 Å². The second-order valence-corrected chi connectivity index (χ2v) is 9.27. The Labute approximate surface area is 193 Å². The maximum Gasteiger partial charge on any atom is 0.471 e. The number of carbonyl (C=O) groups is 1. The van der Waals surface area contributed by atoms with Crippen LogP contribution in [0.1, 0.15) is 12.0 Å². The first-order chi connectivity index (χ1) is 15.9. The van der Waals surface area contributed by atoms with Crippen molar-refractivity contribution in [1.29, 1.82) is 0 Å². The van der Waals surface area contributed by atoms with Gasteiger partial charge in [-0.3, -0.25) is 9.52 Å². The number of hydrogen-bond acceptors (Lipinski definition) is 5. The minimum Gasteiger partial charge on any atom is -0.435 e. The number of sulfonamides is 1. The van der Waals surface area contributed by atoms with Gasteiger partial charge in [0.25, 0.3) is 10.0 Å². The van der Waals surface area contributed by atoms with Crippen molar-refractivity contribution in [2.75, 3.05) is 35.8 Å². The number of aryl methyl sites for hydroxylation is 1. The van der Waals surface area contributed by atoms with Crippen LogP contribution < -0.4 is 14.4 Å². The quantitative estimate of drug-likeness (QED) is 0.599. The summed E-state index contributed by atoms with van der Waals surface area (Å²) in [4.78, 5) is 13.9. The molecule has 186 valence electrons. The van der Waals surface area contributed by atoms with Crippen molar-refractivity contribution in [2.45, 2.75) is 31.0 Å². The molecule has 1 amide bonds. The number of hydrogen-bond donors (Lipinski definition) is 1. The molecule has 2 aromatic carbocycles. The predicted molar refractivity (Wildman–Crippen MR) is 115 cm³/mol. The van der Waals surface area contributed by atoms with Crippen LogP contribution in [0.25, 0.3) is 0 Å². The summed E-state index contributed by atoms with van der Waals surface area (Å²) in [6.45, 7) is -1.15. The molecule has 13 heteroatoms. The van der Waals surface area contributed by atoms with Crippen LogP contribution in [0.3, 0.4) is 0 Å². The molecule has 0 aliphatic carbocycles. The average molecular weight is 507 g/mol. The Morgan fingerprint density at radius 2 is 1.79 bits per heavy atom. The molecule has 1 heterocycles. The summed E-state index contributed by atoms with van der Waals surface area (Å²) >= 11 is 0. The lowest BCUT2D eigenvalue weighted by atomic mass is 10.1. The highest BCUT2D eigenvalue weighted by Crippen LogP contribution is 2.28. The second-order valence-electron chi connectivity index (χ2n) is 7.59. The molecule has 1 aliphatic rings. The molecule has 0 aromatic heterocycles. The molecule has 0 bridgehead atoms. The van der Waals surface area contributed by atoms with Crippen molar-refractivity contribution in [3.8, 4) is 5.75 Å². The van der Waals surface area contributed by atoms with Gasteiger partial charge in [-0.25, -0.2) is 8.42 Å². The van der Waals surface area contributed by atoms with E-state index in [1.807, 2.05) is 0 Å². The Bertz CT molecular complexity index is 1140. The highest BCUT2D eigenvalue weighted by molar-refractivity contribution is 7.92. The fourth-order valence-electron chi connectivity index (χ4n) is 3.59. The molecular formula is C21H22F5N3O4S. The van der Waals surface area contributed by atoms with Crippen molar-refractivity contribution >= 4 is 27.3 Å². The summed E-state index contributed by atoms with van der Waals surface area (Å²) in [5, 5.41) is 0. The number of halogens is 5. The van der Waals surface area contributed by atoms with E-state index in [-0.39, 0.29) is 42.4 Å². The monoisotopic (exact) mass is 507 g/mol.